The first-order chi connectivity index (χ1) is 17.8. The van der Waals surface area contributed by atoms with Gasteiger partial charge in [0, 0.05) is 35.4 Å². The average molecular weight is 537 g/mol. The number of anilines is 2. The van der Waals surface area contributed by atoms with Crippen LogP contribution in [0.4, 0.5) is 11.8 Å². The van der Waals surface area contributed by atoms with Gasteiger partial charge in [-0.05, 0) is 79.6 Å². The van der Waals surface area contributed by atoms with Gasteiger partial charge in [0.25, 0.3) is 10.0 Å². The van der Waals surface area contributed by atoms with Gasteiger partial charge < -0.3 is 11.1 Å². The molecule has 4 aromatic rings. The van der Waals surface area contributed by atoms with E-state index in [0.717, 1.165) is 59.7 Å². The minimum atomic E-state index is -3.85. The van der Waals surface area contributed by atoms with E-state index in [0.29, 0.717) is 18.0 Å². The van der Waals surface area contributed by atoms with Gasteiger partial charge in [-0.25, -0.2) is 23.4 Å². The van der Waals surface area contributed by atoms with Crippen molar-refractivity contribution in [3.63, 3.8) is 0 Å². The molecule has 0 radical (unpaired) electrons. The Hall–Kier alpha value is -3.27. The van der Waals surface area contributed by atoms with Crippen LogP contribution in [0, 0.1) is 0 Å². The summed E-state index contributed by atoms with van der Waals surface area (Å²) in [6.07, 6.45) is 8.39. The Morgan fingerprint density at radius 3 is 2.49 bits per heavy atom. The van der Waals surface area contributed by atoms with Gasteiger partial charge in [0.1, 0.15) is 10.7 Å². The van der Waals surface area contributed by atoms with Crippen molar-refractivity contribution in [3.05, 3.63) is 71.5 Å². The van der Waals surface area contributed by atoms with Crippen molar-refractivity contribution in [1.82, 2.24) is 15.0 Å². The van der Waals surface area contributed by atoms with E-state index in [1.165, 1.54) is 12.1 Å². The molecule has 0 unspecified atom stereocenters. The molecule has 2 aromatic carbocycles. The number of rotatable bonds is 7. The van der Waals surface area contributed by atoms with Crippen molar-refractivity contribution in [2.75, 3.05) is 10.0 Å². The third kappa shape index (κ3) is 5.69. The molecule has 8 nitrogen and oxygen atoms in total. The Bertz CT molecular complexity index is 1520. The number of pyridine rings is 1. The lowest BCUT2D eigenvalue weighted by Crippen LogP contribution is -2.33. The first-order valence-corrected chi connectivity index (χ1v) is 14.2. The predicted molar refractivity (Wildman–Crippen MR) is 148 cm³/mol. The number of nitrogens with one attached hydrogen (secondary N) is 2. The van der Waals surface area contributed by atoms with Crippen LogP contribution in [0.1, 0.15) is 38.2 Å². The quantitative estimate of drug-likeness (QED) is 0.289. The molecule has 192 valence electrons. The van der Waals surface area contributed by atoms with E-state index < -0.39 is 10.0 Å². The first kappa shape index (κ1) is 25.4. The highest BCUT2D eigenvalue weighted by Crippen LogP contribution is 2.29. The summed E-state index contributed by atoms with van der Waals surface area (Å²) in [6, 6.07) is 14.5. The number of nitrogens with zero attached hydrogens (tertiary/aromatic N) is 3. The Morgan fingerprint density at radius 1 is 1.00 bits per heavy atom. The largest absolute Gasteiger partial charge is 0.351 e. The van der Waals surface area contributed by atoms with Crippen LogP contribution in [0.5, 0.6) is 0 Å². The third-order valence-electron chi connectivity index (χ3n) is 6.71. The summed E-state index contributed by atoms with van der Waals surface area (Å²) in [7, 11) is -3.85. The summed E-state index contributed by atoms with van der Waals surface area (Å²) in [5.74, 6) is 0.857. The number of halogens is 1. The number of benzene rings is 2. The topological polar surface area (TPSA) is 123 Å². The Balaban J connectivity index is 1.37. The van der Waals surface area contributed by atoms with Crippen LogP contribution >= 0.6 is 11.6 Å². The average Bonchev–Trinajstić information content (AvgIpc) is 2.90. The molecule has 0 bridgehead atoms. The molecule has 2 aromatic heterocycles. The van der Waals surface area contributed by atoms with E-state index in [4.69, 9.17) is 22.3 Å². The summed E-state index contributed by atoms with van der Waals surface area (Å²) in [4.78, 5) is 13.7. The molecule has 37 heavy (non-hydrogen) atoms. The van der Waals surface area contributed by atoms with Crippen LogP contribution in [0.3, 0.4) is 0 Å². The maximum Gasteiger partial charge on any atom is 0.264 e. The Morgan fingerprint density at radius 2 is 1.78 bits per heavy atom. The third-order valence-corrected chi connectivity index (χ3v) is 8.56. The summed E-state index contributed by atoms with van der Waals surface area (Å²) in [5.41, 5.74) is 9.88. The van der Waals surface area contributed by atoms with Gasteiger partial charge in [-0.15, -0.1) is 0 Å². The zero-order chi connectivity index (χ0) is 26.0. The van der Waals surface area contributed by atoms with Crippen LogP contribution in [0.15, 0.2) is 65.8 Å². The molecule has 1 aliphatic carbocycles. The van der Waals surface area contributed by atoms with Crippen molar-refractivity contribution in [3.8, 4) is 11.1 Å². The zero-order valence-electron chi connectivity index (χ0n) is 20.5. The van der Waals surface area contributed by atoms with Gasteiger partial charge in [0.15, 0.2) is 0 Å². The summed E-state index contributed by atoms with van der Waals surface area (Å²) >= 11 is 6.06. The second kappa shape index (κ2) is 10.6. The molecule has 0 spiro atoms. The van der Waals surface area contributed by atoms with Crippen molar-refractivity contribution in [1.29, 1.82) is 0 Å². The van der Waals surface area contributed by atoms with Crippen LogP contribution in [-0.2, 0) is 16.4 Å². The molecule has 1 aliphatic rings. The molecule has 1 fully saturated rings. The molecule has 1 saturated carbocycles. The first-order valence-electron chi connectivity index (χ1n) is 12.4. The summed E-state index contributed by atoms with van der Waals surface area (Å²) in [6.45, 7) is 2.10. The van der Waals surface area contributed by atoms with E-state index in [9.17, 15) is 8.42 Å². The molecule has 2 heterocycles. The number of hydrogen-bond donors (Lipinski definition) is 3. The molecule has 0 saturated heterocycles. The molecule has 0 atom stereocenters. The minimum Gasteiger partial charge on any atom is -0.351 e. The van der Waals surface area contributed by atoms with Gasteiger partial charge >= 0.3 is 0 Å². The zero-order valence-corrected chi connectivity index (χ0v) is 22.1. The number of aromatic nitrogens is 3. The number of hydrogen-bond acceptors (Lipinski definition) is 7. The highest BCUT2D eigenvalue weighted by atomic mass is 35.5. The fourth-order valence-electron chi connectivity index (χ4n) is 4.65. The smallest absolute Gasteiger partial charge is 0.264 e. The van der Waals surface area contributed by atoms with Gasteiger partial charge in [-0.3, -0.25) is 4.72 Å². The van der Waals surface area contributed by atoms with Crippen LogP contribution in [0.25, 0.3) is 22.0 Å². The van der Waals surface area contributed by atoms with Crippen LogP contribution in [-0.4, -0.2) is 35.5 Å². The highest BCUT2D eigenvalue weighted by molar-refractivity contribution is 7.92. The van der Waals surface area contributed by atoms with Gasteiger partial charge in [0.2, 0.25) is 5.95 Å². The second-order valence-corrected chi connectivity index (χ2v) is 11.4. The van der Waals surface area contributed by atoms with Crippen molar-refractivity contribution < 1.29 is 8.42 Å². The lowest BCUT2D eigenvalue weighted by Gasteiger charge is -2.26. The lowest BCUT2D eigenvalue weighted by atomic mass is 9.92. The molecule has 4 N–H and O–H groups in total. The summed E-state index contributed by atoms with van der Waals surface area (Å²) in [5, 5.41) is 4.57. The summed E-state index contributed by atoms with van der Waals surface area (Å²) < 4.78 is 27.9. The predicted octanol–water partition coefficient (Wildman–Crippen LogP) is 5.39. The van der Waals surface area contributed by atoms with Crippen molar-refractivity contribution in [2.45, 2.75) is 56.0 Å². The molecular formula is C27H29ClN6O2S. The minimum absolute atomic E-state index is 0.00517. The monoisotopic (exact) mass is 536 g/mol. The van der Waals surface area contributed by atoms with E-state index in [1.54, 1.807) is 24.4 Å². The normalized spacial score (nSPS) is 18.0. The standard InChI is InChI=1S/C27H29ClN6O2S/c1-2-17-13-19(14-20-16-31-27(33-26(17)20)32-22-10-8-21(29)9-11-22)18-7-12-25(30-15-18)34-37(35,36)24-6-4-3-5-23(24)28/h3-7,12-16,21-22H,2,8-11,29H2,1H3,(H,30,34)(H,31,32,33)/t21-,22-. The van der Waals surface area contributed by atoms with Crippen molar-refractivity contribution >= 4 is 44.3 Å². The van der Waals surface area contributed by atoms with Gasteiger partial charge in [-0.1, -0.05) is 30.7 Å². The molecule has 5 rings (SSSR count). The Labute approximate surface area is 221 Å². The lowest BCUT2D eigenvalue weighted by molar-refractivity contribution is 0.410. The number of sulfonamides is 1. The second-order valence-electron chi connectivity index (χ2n) is 9.34. The fraction of sp³-hybridized carbons (Fsp3) is 0.296. The molecular weight excluding hydrogens is 508 g/mol. The van der Waals surface area contributed by atoms with Crippen LogP contribution < -0.4 is 15.8 Å². The van der Waals surface area contributed by atoms with Gasteiger partial charge in [0.05, 0.1) is 10.5 Å². The SMILES string of the molecule is CCc1cc(-c2ccc(NS(=O)(=O)c3ccccc3Cl)nc2)cc2cnc(N[C@H]3CC[C@H](N)CC3)nc12. The van der Waals surface area contributed by atoms with E-state index >= 15 is 0 Å². The molecule has 10 heteroatoms. The maximum absolute atomic E-state index is 12.7. The van der Waals surface area contributed by atoms with Gasteiger partial charge in [-0.2, -0.15) is 0 Å². The van der Waals surface area contributed by atoms with Crippen LogP contribution in [0.2, 0.25) is 5.02 Å². The number of nitrogens with two attached hydrogens (primary N) is 1. The Kier molecular flexibility index (Phi) is 7.28. The van der Waals surface area contributed by atoms with E-state index in [1.807, 2.05) is 18.3 Å². The highest BCUT2D eigenvalue weighted by Gasteiger charge is 2.20. The number of fused-ring (bicyclic) bond motifs is 1. The van der Waals surface area contributed by atoms with Crippen molar-refractivity contribution in [2.24, 2.45) is 5.73 Å². The maximum atomic E-state index is 12.7. The fourth-order valence-corrected chi connectivity index (χ4v) is 6.18. The van der Waals surface area contributed by atoms with E-state index in [2.05, 4.69) is 33.0 Å². The molecule has 0 aliphatic heterocycles. The van der Waals surface area contributed by atoms with E-state index in [-0.39, 0.29) is 15.7 Å². The number of aryl methyl sites for hydroxylation is 1. The molecule has 0 amide bonds.